The summed E-state index contributed by atoms with van der Waals surface area (Å²) in [5.74, 6) is 1.71. The van der Waals surface area contributed by atoms with Gasteiger partial charge in [-0.15, -0.1) is 0 Å². The number of rotatable bonds is 7. The van der Waals surface area contributed by atoms with Crippen LogP contribution in [0.2, 0.25) is 0 Å². The van der Waals surface area contributed by atoms with Crippen molar-refractivity contribution >= 4 is 5.91 Å². The highest BCUT2D eigenvalue weighted by Crippen LogP contribution is 2.33. The molecule has 8 heteroatoms. The monoisotopic (exact) mass is 562 g/mol. The first kappa shape index (κ1) is 29.9. The molecule has 2 aromatic rings. The van der Waals surface area contributed by atoms with Gasteiger partial charge < -0.3 is 9.64 Å². The van der Waals surface area contributed by atoms with Crippen LogP contribution in [0.5, 0.6) is 5.75 Å². The van der Waals surface area contributed by atoms with E-state index in [2.05, 4.69) is 69.7 Å². The van der Waals surface area contributed by atoms with Gasteiger partial charge in [0.05, 0.1) is 24.1 Å². The van der Waals surface area contributed by atoms with Gasteiger partial charge in [0.15, 0.2) is 0 Å². The Morgan fingerprint density at radius 3 is 2.34 bits per heavy atom. The first-order valence-electron chi connectivity index (χ1n) is 15.6. The van der Waals surface area contributed by atoms with Crippen LogP contribution in [0.4, 0.5) is 0 Å². The molecule has 8 nitrogen and oxygen atoms in total. The molecule has 4 heterocycles. The molecule has 3 fully saturated rings. The molecule has 3 atom stereocenters. The molecule has 0 spiro atoms. The number of carbonyl (C=O) groups excluding carboxylic acids is 1. The molecule has 0 aliphatic carbocycles. The van der Waals surface area contributed by atoms with Crippen molar-refractivity contribution in [2.45, 2.75) is 84.5 Å². The molecular formula is C33H50N6O2. The van der Waals surface area contributed by atoms with Crippen LogP contribution in [0, 0.1) is 19.8 Å². The van der Waals surface area contributed by atoms with E-state index in [1.807, 2.05) is 18.7 Å². The van der Waals surface area contributed by atoms with Gasteiger partial charge in [-0.1, -0.05) is 12.1 Å². The lowest BCUT2D eigenvalue weighted by molar-refractivity contribution is -0.0406. The maximum absolute atomic E-state index is 13.3. The molecule has 0 N–H and O–H groups in total. The van der Waals surface area contributed by atoms with Crippen LogP contribution in [-0.2, 0) is 6.54 Å². The van der Waals surface area contributed by atoms with Crippen molar-refractivity contribution in [3.05, 3.63) is 53.1 Å². The maximum Gasteiger partial charge on any atom is 0.257 e. The molecule has 1 unspecified atom stereocenters. The average molecular weight is 563 g/mol. The zero-order valence-corrected chi connectivity index (χ0v) is 26.1. The number of amides is 1. The smallest absolute Gasteiger partial charge is 0.257 e. The molecule has 224 valence electrons. The van der Waals surface area contributed by atoms with Gasteiger partial charge in [0.25, 0.3) is 5.91 Å². The molecule has 0 bridgehead atoms. The summed E-state index contributed by atoms with van der Waals surface area (Å²) in [6, 6.07) is 9.65. The third-order valence-corrected chi connectivity index (χ3v) is 10.3. The maximum atomic E-state index is 13.3. The van der Waals surface area contributed by atoms with Crippen LogP contribution >= 0.6 is 0 Å². The van der Waals surface area contributed by atoms with Gasteiger partial charge in [-0.05, 0) is 90.5 Å². The number of piperazine rings is 1. The number of likely N-dealkylation sites (tertiary alicyclic amines) is 2. The third-order valence-electron chi connectivity index (χ3n) is 10.3. The van der Waals surface area contributed by atoms with Crippen molar-refractivity contribution < 1.29 is 9.53 Å². The fourth-order valence-corrected chi connectivity index (χ4v) is 7.52. The second-order valence-corrected chi connectivity index (χ2v) is 13.0. The molecule has 3 aliphatic heterocycles. The second kappa shape index (κ2) is 12.8. The molecular weight excluding hydrogens is 512 g/mol. The number of piperidine rings is 2. The van der Waals surface area contributed by atoms with E-state index in [1.54, 1.807) is 13.4 Å². The van der Waals surface area contributed by atoms with Crippen molar-refractivity contribution in [3.63, 3.8) is 0 Å². The van der Waals surface area contributed by atoms with E-state index in [1.165, 1.54) is 31.5 Å². The predicted octanol–water partition coefficient (Wildman–Crippen LogP) is 4.40. The minimum atomic E-state index is 0.0863. The molecule has 3 aliphatic rings. The van der Waals surface area contributed by atoms with E-state index in [0.717, 1.165) is 69.2 Å². The van der Waals surface area contributed by atoms with Gasteiger partial charge >= 0.3 is 0 Å². The minimum Gasteiger partial charge on any atom is -0.497 e. The van der Waals surface area contributed by atoms with Crippen molar-refractivity contribution in [2.75, 3.05) is 52.9 Å². The number of aromatic nitrogens is 2. The van der Waals surface area contributed by atoms with Gasteiger partial charge in [-0.3, -0.25) is 19.5 Å². The number of nitrogens with zero attached hydrogens (tertiary/aromatic N) is 6. The minimum absolute atomic E-state index is 0.0863. The lowest BCUT2D eigenvalue weighted by Crippen LogP contribution is -2.64. The van der Waals surface area contributed by atoms with E-state index in [-0.39, 0.29) is 11.4 Å². The fourth-order valence-electron chi connectivity index (χ4n) is 7.52. The molecule has 1 aromatic heterocycles. The Morgan fingerprint density at radius 1 is 1.02 bits per heavy atom. The SMILES string of the molecule is COc1ccc(CN2CCCC([C@H](C)N3CCN(C4(C)CCN(C(=O)c5c(C)ncnc5C)CC4)C[C@@H]3C)C2)cc1. The van der Waals surface area contributed by atoms with Crippen molar-refractivity contribution in [3.8, 4) is 5.75 Å². The summed E-state index contributed by atoms with van der Waals surface area (Å²) in [4.78, 5) is 32.0. The van der Waals surface area contributed by atoms with Gasteiger partial charge in [-0.2, -0.15) is 0 Å². The van der Waals surface area contributed by atoms with Crippen LogP contribution in [0.25, 0.3) is 0 Å². The van der Waals surface area contributed by atoms with Gasteiger partial charge in [0.1, 0.15) is 12.1 Å². The highest BCUT2D eigenvalue weighted by molar-refractivity contribution is 5.96. The molecule has 0 radical (unpaired) electrons. The number of ether oxygens (including phenoxy) is 1. The second-order valence-electron chi connectivity index (χ2n) is 13.0. The first-order valence-corrected chi connectivity index (χ1v) is 15.6. The van der Waals surface area contributed by atoms with E-state index < -0.39 is 0 Å². The fraction of sp³-hybridized carbons (Fsp3) is 0.667. The van der Waals surface area contributed by atoms with Crippen LogP contribution in [0.15, 0.2) is 30.6 Å². The Balaban J connectivity index is 1.13. The number of hydrogen-bond donors (Lipinski definition) is 0. The van der Waals surface area contributed by atoms with Crippen LogP contribution in [0.3, 0.4) is 0 Å². The summed E-state index contributed by atoms with van der Waals surface area (Å²) in [5, 5.41) is 0. The highest BCUT2D eigenvalue weighted by Gasteiger charge is 2.42. The third kappa shape index (κ3) is 6.60. The Hall–Kier alpha value is -2.55. The summed E-state index contributed by atoms with van der Waals surface area (Å²) in [5.41, 5.74) is 3.73. The predicted molar refractivity (Wildman–Crippen MR) is 163 cm³/mol. The number of aryl methyl sites for hydroxylation is 2. The Bertz CT molecular complexity index is 1160. The lowest BCUT2D eigenvalue weighted by atomic mass is 9.85. The first-order chi connectivity index (χ1) is 19.7. The summed E-state index contributed by atoms with van der Waals surface area (Å²) in [7, 11) is 1.72. The topological polar surface area (TPSA) is 65.0 Å². The summed E-state index contributed by atoms with van der Waals surface area (Å²) in [6.07, 6.45) is 6.16. The Labute approximate surface area is 247 Å². The Kier molecular flexibility index (Phi) is 9.31. The summed E-state index contributed by atoms with van der Waals surface area (Å²) >= 11 is 0. The van der Waals surface area contributed by atoms with Crippen LogP contribution < -0.4 is 4.74 Å². The normalized spacial score (nSPS) is 25.2. The largest absolute Gasteiger partial charge is 0.497 e. The summed E-state index contributed by atoms with van der Waals surface area (Å²) < 4.78 is 5.33. The average Bonchev–Trinajstić information content (AvgIpc) is 2.97. The van der Waals surface area contributed by atoms with Crippen LogP contribution in [-0.4, -0.2) is 106 Å². The van der Waals surface area contributed by atoms with Gasteiger partial charge in [0.2, 0.25) is 0 Å². The van der Waals surface area contributed by atoms with E-state index >= 15 is 0 Å². The Morgan fingerprint density at radius 2 is 1.71 bits per heavy atom. The highest BCUT2D eigenvalue weighted by atomic mass is 16.5. The van der Waals surface area contributed by atoms with Gasteiger partial charge in [-0.25, -0.2) is 9.97 Å². The quantitative estimate of drug-likeness (QED) is 0.496. The van der Waals surface area contributed by atoms with E-state index in [9.17, 15) is 4.79 Å². The standard InChI is InChI=1S/C33H50N6O2/c1-24-20-38(33(5)13-16-37(17-14-33)32(40)31-25(2)34-23-35-26(31)3)18-19-39(24)27(4)29-8-7-15-36(22-29)21-28-9-11-30(41-6)12-10-28/h9-12,23-24,27,29H,7-8,13-22H2,1-6H3/t24-,27-,29?/m0/s1. The molecule has 41 heavy (non-hydrogen) atoms. The van der Waals surface area contributed by atoms with Crippen molar-refractivity contribution in [1.29, 1.82) is 0 Å². The molecule has 0 saturated carbocycles. The van der Waals surface area contributed by atoms with Crippen molar-refractivity contribution in [2.24, 2.45) is 5.92 Å². The lowest BCUT2D eigenvalue weighted by Gasteiger charge is -2.53. The molecule has 1 aromatic carbocycles. The molecule has 1 amide bonds. The molecule has 5 rings (SSSR count). The number of methoxy groups -OCH3 is 1. The van der Waals surface area contributed by atoms with Crippen LogP contribution in [0.1, 0.15) is 73.8 Å². The van der Waals surface area contributed by atoms with E-state index in [0.29, 0.717) is 23.6 Å². The van der Waals surface area contributed by atoms with Crippen molar-refractivity contribution in [1.82, 2.24) is 29.6 Å². The molecule has 3 saturated heterocycles. The van der Waals surface area contributed by atoms with Gasteiger partial charge in [0, 0.05) is 63.4 Å². The van der Waals surface area contributed by atoms with E-state index in [4.69, 9.17) is 4.74 Å². The number of hydrogen-bond acceptors (Lipinski definition) is 7. The summed E-state index contributed by atoms with van der Waals surface area (Å²) in [6.45, 7) is 19.4. The zero-order valence-electron chi connectivity index (χ0n) is 26.1. The number of benzene rings is 1. The number of carbonyl (C=O) groups is 1. The zero-order chi connectivity index (χ0) is 29.1.